The first-order valence-electron chi connectivity index (χ1n) is 7.90. The Balaban J connectivity index is 1.88. The fraction of sp³-hybridized carbons (Fsp3) is 0.733. The Kier molecular flexibility index (Phi) is 7.14. The van der Waals surface area contributed by atoms with E-state index in [0.717, 1.165) is 39.3 Å². The van der Waals surface area contributed by atoms with E-state index in [1.807, 2.05) is 6.92 Å². The van der Waals surface area contributed by atoms with Crippen LogP contribution in [0.5, 0.6) is 0 Å². The van der Waals surface area contributed by atoms with Gasteiger partial charge in [0.1, 0.15) is 4.21 Å². The highest BCUT2D eigenvalue weighted by molar-refractivity contribution is 9.13. The number of rotatable bonds is 6. The van der Waals surface area contributed by atoms with Crippen LogP contribution in [-0.2, 0) is 10.0 Å². The minimum absolute atomic E-state index is 0.385. The summed E-state index contributed by atoms with van der Waals surface area (Å²) in [6.07, 6.45) is 3.32. The molecule has 1 aromatic heterocycles. The fourth-order valence-corrected chi connectivity index (χ4v) is 7.17. The van der Waals surface area contributed by atoms with Crippen molar-refractivity contribution in [3.63, 3.8) is 0 Å². The van der Waals surface area contributed by atoms with Gasteiger partial charge in [0, 0.05) is 17.1 Å². The topological polar surface area (TPSA) is 49.4 Å². The molecule has 1 saturated heterocycles. The molecule has 4 nitrogen and oxygen atoms in total. The summed E-state index contributed by atoms with van der Waals surface area (Å²) in [7, 11) is -3.44. The third-order valence-corrected chi connectivity index (χ3v) is 10.4. The highest BCUT2D eigenvalue weighted by atomic mass is 79.9. The van der Waals surface area contributed by atoms with Crippen molar-refractivity contribution >= 4 is 53.2 Å². The van der Waals surface area contributed by atoms with Crippen LogP contribution in [-0.4, -0.2) is 39.0 Å². The maximum Gasteiger partial charge on any atom is 0.250 e. The molecule has 1 atom stereocenters. The molecule has 0 spiro atoms. The van der Waals surface area contributed by atoms with Crippen molar-refractivity contribution in [2.45, 2.75) is 50.3 Å². The van der Waals surface area contributed by atoms with Gasteiger partial charge in [-0.05, 0) is 89.5 Å². The zero-order valence-corrected chi connectivity index (χ0v) is 18.5. The fourth-order valence-electron chi connectivity index (χ4n) is 2.82. The average molecular weight is 488 g/mol. The third-order valence-electron chi connectivity index (χ3n) is 4.53. The summed E-state index contributed by atoms with van der Waals surface area (Å²) in [5, 5.41) is 0. The maximum atomic E-state index is 12.5. The maximum absolute atomic E-state index is 12.5. The van der Waals surface area contributed by atoms with E-state index in [1.54, 1.807) is 0 Å². The zero-order chi connectivity index (χ0) is 17.2. The second kappa shape index (κ2) is 8.27. The lowest BCUT2D eigenvalue weighted by Gasteiger charge is -2.35. The van der Waals surface area contributed by atoms with Gasteiger partial charge in [0.05, 0.1) is 3.79 Å². The summed E-state index contributed by atoms with van der Waals surface area (Å²) in [4.78, 5) is 2.47. The van der Waals surface area contributed by atoms with Crippen LogP contribution in [0.2, 0.25) is 0 Å². The summed E-state index contributed by atoms with van der Waals surface area (Å²) in [6.45, 7) is 9.03. The summed E-state index contributed by atoms with van der Waals surface area (Å²) in [5.74, 6) is 0.815. The first kappa shape index (κ1) is 19.8. The van der Waals surface area contributed by atoms with Gasteiger partial charge in [0.2, 0.25) is 10.0 Å². The lowest BCUT2D eigenvalue weighted by atomic mass is 9.97. The molecule has 2 heterocycles. The minimum atomic E-state index is -3.44. The number of piperidine rings is 1. The van der Waals surface area contributed by atoms with Crippen LogP contribution in [0.3, 0.4) is 0 Å². The highest BCUT2D eigenvalue weighted by Gasteiger charge is 2.24. The first-order valence-corrected chi connectivity index (χ1v) is 11.8. The van der Waals surface area contributed by atoms with E-state index in [4.69, 9.17) is 0 Å². The lowest BCUT2D eigenvalue weighted by Crippen LogP contribution is -2.41. The van der Waals surface area contributed by atoms with E-state index < -0.39 is 10.0 Å². The monoisotopic (exact) mass is 486 g/mol. The van der Waals surface area contributed by atoms with Crippen molar-refractivity contribution in [1.29, 1.82) is 0 Å². The van der Waals surface area contributed by atoms with Crippen LogP contribution in [0.4, 0.5) is 0 Å². The molecule has 2 rings (SSSR count). The van der Waals surface area contributed by atoms with Crippen LogP contribution in [0, 0.1) is 12.8 Å². The van der Waals surface area contributed by atoms with Crippen LogP contribution in [0.15, 0.2) is 12.5 Å². The van der Waals surface area contributed by atoms with E-state index >= 15 is 0 Å². The molecule has 0 aromatic carbocycles. The van der Waals surface area contributed by atoms with E-state index in [-0.39, 0.29) is 0 Å². The van der Waals surface area contributed by atoms with Crippen molar-refractivity contribution in [2.75, 3.05) is 19.6 Å². The average Bonchev–Trinajstić information content (AvgIpc) is 2.76. The van der Waals surface area contributed by atoms with Crippen LogP contribution < -0.4 is 4.72 Å². The highest BCUT2D eigenvalue weighted by Crippen LogP contribution is 2.39. The Morgan fingerprint density at radius 3 is 2.48 bits per heavy atom. The standard InChI is InChI=1S/C15H24Br2N2O2S2/c1-10-5-8-19(9-6-10)11(2)4-7-18-23(20,21)15-12(3)13(16)14(17)22-15/h10-11,18H,4-9H2,1-3H3. The van der Waals surface area contributed by atoms with Gasteiger partial charge in [-0.3, -0.25) is 0 Å². The van der Waals surface area contributed by atoms with Crippen molar-refractivity contribution in [1.82, 2.24) is 9.62 Å². The van der Waals surface area contributed by atoms with Gasteiger partial charge >= 0.3 is 0 Å². The number of hydrogen-bond donors (Lipinski definition) is 1. The molecule has 1 aromatic rings. The smallest absolute Gasteiger partial charge is 0.250 e. The molecule has 1 fully saturated rings. The lowest BCUT2D eigenvalue weighted by molar-refractivity contribution is 0.141. The van der Waals surface area contributed by atoms with Crippen molar-refractivity contribution in [3.8, 4) is 0 Å². The molecule has 0 bridgehead atoms. The molecule has 0 saturated carbocycles. The van der Waals surface area contributed by atoms with Crippen LogP contribution in [0.25, 0.3) is 0 Å². The van der Waals surface area contributed by atoms with Gasteiger partial charge in [0.25, 0.3) is 0 Å². The Labute approximate surface area is 160 Å². The van der Waals surface area contributed by atoms with Crippen LogP contribution in [0.1, 0.15) is 38.7 Å². The number of halogens is 2. The zero-order valence-electron chi connectivity index (χ0n) is 13.7. The molecular formula is C15H24Br2N2O2S2. The summed E-state index contributed by atoms with van der Waals surface area (Å²) in [6, 6.07) is 0.410. The second-order valence-corrected chi connectivity index (χ2v) is 11.4. The molecule has 1 aliphatic heterocycles. The molecule has 8 heteroatoms. The Hall–Kier alpha value is 0.530. The van der Waals surface area contributed by atoms with Crippen molar-refractivity contribution < 1.29 is 8.42 Å². The third kappa shape index (κ3) is 5.01. The Morgan fingerprint density at radius 2 is 1.96 bits per heavy atom. The number of thiophene rings is 1. The van der Waals surface area contributed by atoms with E-state index in [1.165, 1.54) is 24.2 Å². The molecule has 1 unspecified atom stereocenters. The SMILES string of the molecule is Cc1c(S(=O)(=O)NCCC(C)N2CCC(C)CC2)sc(Br)c1Br. The first-order chi connectivity index (χ1) is 10.7. The molecule has 23 heavy (non-hydrogen) atoms. The predicted octanol–water partition coefficient (Wildman–Crippen LogP) is 4.37. The molecule has 132 valence electrons. The Bertz CT molecular complexity index is 638. The minimum Gasteiger partial charge on any atom is -0.301 e. The van der Waals surface area contributed by atoms with E-state index in [9.17, 15) is 8.42 Å². The second-order valence-electron chi connectivity index (χ2n) is 6.36. The quantitative estimate of drug-likeness (QED) is 0.648. The number of sulfonamides is 1. The molecule has 1 N–H and O–H groups in total. The van der Waals surface area contributed by atoms with Gasteiger partial charge in [-0.1, -0.05) is 6.92 Å². The molecule has 0 amide bonds. The Morgan fingerprint density at radius 1 is 1.35 bits per heavy atom. The van der Waals surface area contributed by atoms with Crippen molar-refractivity contribution in [2.24, 2.45) is 5.92 Å². The number of nitrogens with one attached hydrogen (secondary N) is 1. The van der Waals surface area contributed by atoms with E-state index in [0.29, 0.717) is 16.8 Å². The molecule has 0 aliphatic carbocycles. The van der Waals surface area contributed by atoms with Gasteiger partial charge in [-0.25, -0.2) is 13.1 Å². The molecule has 1 aliphatic rings. The van der Waals surface area contributed by atoms with Gasteiger partial charge in [-0.15, -0.1) is 11.3 Å². The van der Waals surface area contributed by atoms with Gasteiger partial charge in [0.15, 0.2) is 0 Å². The summed E-state index contributed by atoms with van der Waals surface area (Å²) >= 11 is 8.03. The van der Waals surface area contributed by atoms with Gasteiger partial charge in [-0.2, -0.15) is 0 Å². The largest absolute Gasteiger partial charge is 0.301 e. The molecular weight excluding hydrogens is 464 g/mol. The molecule has 0 radical (unpaired) electrons. The number of nitrogens with zero attached hydrogens (tertiary/aromatic N) is 1. The predicted molar refractivity (Wildman–Crippen MR) is 104 cm³/mol. The normalized spacial score (nSPS) is 19.2. The van der Waals surface area contributed by atoms with Crippen molar-refractivity contribution in [3.05, 3.63) is 13.8 Å². The van der Waals surface area contributed by atoms with Gasteiger partial charge < -0.3 is 4.90 Å². The number of hydrogen-bond acceptors (Lipinski definition) is 4. The van der Waals surface area contributed by atoms with E-state index in [2.05, 4.69) is 55.3 Å². The summed E-state index contributed by atoms with van der Waals surface area (Å²) in [5.41, 5.74) is 0.757. The number of likely N-dealkylation sites (tertiary alicyclic amines) is 1. The summed E-state index contributed by atoms with van der Waals surface area (Å²) < 4.78 is 29.7. The van der Waals surface area contributed by atoms with Crippen LogP contribution >= 0.6 is 43.2 Å².